The second kappa shape index (κ2) is 6.78. The topological polar surface area (TPSA) is 71.3 Å². The molecule has 0 fully saturated rings. The summed E-state index contributed by atoms with van der Waals surface area (Å²) < 4.78 is 31.8. The molecule has 0 aliphatic rings. The number of anilines is 1. The Morgan fingerprint density at radius 1 is 1.14 bits per heavy atom. The molecule has 0 saturated heterocycles. The molecule has 1 heterocycles. The van der Waals surface area contributed by atoms with Crippen molar-refractivity contribution in [1.82, 2.24) is 4.72 Å². The highest BCUT2D eigenvalue weighted by Crippen LogP contribution is 2.14. The van der Waals surface area contributed by atoms with Crippen LogP contribution in [0.15, 0.2) is 52.0 Å². The highest BCUT2D eigenvalue weighted by molar-refractivity contribution is 7.89. The zero-order valence-corrected chi connectivity index (χ0v) is 13.0. The average molecular weight is 308 g/mol. The summed E-state index contributed by atoms with van der Waals surface area (Å²) in [6.07, 6.45) is 2.43. The molecule has 0 spiro atoms. The molecule has 5 nitrogen and oxygen atoms in total. The second-order valence-corrected chi connectivity index (χ2v) is 6.77. The van der Waals surface area contributed by atoms with E-state index in [9.17, 15) is 8.42 Å². The Bertz CT molecular complexity index is 647. The predicted molar refractivity (Wildman–Crippen MR) is 82.8 cm³/mol. The number of hydrogen-bond acceptors (Lipinski definition) is 4. The molecule has 6 heteroatoms. The molecule has 0 unspecified atom stereocenters. The van der Waals surface area contributed by atoms with E-state index in [0.29, 0.717) is 0 Å². The van der Waals surface area contributed by atoms with Gasteiger partial charge in [-0.15, -0.1) is 0 Å². The molecule has 2 aromatic rings. The lowest BCUT2D eigenvalue weighted by atomic mass is 10.3. The Morgan fingerprint density at radius 2 is 1.86 bits per heavy atom. The van der Waals surface area contributed by atoms with E-state index in [1.807, 2.05) is 12.1 Å². The lowest BCUT2D eigenvalue weighted by Gasteiger charge is -2.10. The number of nitrogens with one attached hydrogen (secondary N) is 2. The van der Waals surface area contributed by atoms with Crippen molar-refractivity contribution >= 4 is 15.7 Å². The number of hydrogen-bond donors (Lipinski definition) is 2. The molecule has 0 atom stereocenters. The van der Waals surface area contributed by atoms with Gasteiger partial charge in [0, 0.05) is 24.7 Å². The van der Waals surface area contributed by atoms with Crippen LogP contribution in [-0.4, -0.2) is 21.0 Å². The SMILES string of the molecule is CC(C)NS(=O)(=O)c1ccc(NCCc2ccco2)cc1. The molecule has 0 radical (unpaired) electrons. The smallest absolute Gasteiger partial charge is 0.240 e. The Morgan fingerprint density at radius 3 is 2.43 bits per heavy atom. The third kappa shape index (κ3) is 4.61. The molecule has 1 aromatic carbocycles. The zero-order valence-electron chi connectivity index (χ0n) is 12.2. The first kappa shape index (κ1) is 15.6. The van der Waals surface area contributed by atoms with E-state index in [-0.39, 0.29) is 10.9 Å². The molecular formula is C15H20N2O3S. The number of benzene rings is 1. The van der Waals surface area contributed by atoms with Gasteiger partial charge in [-0.1, -0.05) is 0 Å². The van der Waals surface area contributed by atoms with Gasteiger partial charge in [0.2, 0.25) is 10.0 Å². The maximum Gasteiger partial charge on any atom is 0.240 e. The number of furan rings is 1. The lowest BCUT2D eigenvalue weighted by Crippen LogP contribution is -2.30. The van der Waals surface area contributed by atoms with Crippen molar-refractivity contribution in [1.29, 1.82) is 0 Å². The van der Waals surface area contributed by atoms with E-state index >= 15 is 0 Å². The molecule has 1 aromatic heterocycles. The van der Waals surface area contributed by atoms with E-state index in [4.69, 9.17) is 4.42 Å². The first-order chi connectivity index (χ1) is 9.97. The van der Waals surface area contributed by atoms with Gasteiger partial charge in [-0.25, -0.2) is 13.1 Å². The van der Waals surface area contributed by atoms with E-state index in [1.54, 1.807) is 44.4 Å². The molecular weight excluding hydrogens is 288 g/mol. The van der Waals surface area contributed by atoms with Gasteiger partial charge >= 0.3 is 0 Å². The van der Waals surface area contributed by atoms with E-state index < -0.39 is 10.0 Å². The summed E-state index contributed by atoms with van der Waals surface area (Å²) in [7, 11) is -3.43. The van der Waals surface area contributed by atoms with Crippen LogP contribution < -0.4 is 10.0 Å². The van der Waals surface area contributed by atoms with Crippen LogP contribution in [0.1, 0.15) is 19.6 Å². The Kier molecular flexibility index (Phi) is 5.03. The lowest BCUT2D eigenvalue weighted by molar-refractivity contribution is 0.513. The second-order valence-electron chi connectivity index (χ2n) is 5.06. The van der Waals surface area contributed by atoms with Gasteiger partial charge in [0.05, 0.1) is 11.2 Å². The molecule has 2 rings (SSSR count). The average Bonchev–Trinajstić information content (AvgIpc) is 2.91. The summed E-state index contributed by atoms with van der Waals surface area (Å²) in [5, 5.41) is 3.23. The van der Waals surface area contributed by atoms with Gasteiger partial charge in [-0.3, -0.25) is 0 Å². The molecule has 0 amide bonds. The Balaban J connectivity index is 1.92. The monoisotopic (exact) mass is 308 g/mol. The summed E-state index contributed by atoms with van der Waals surface area (Å²) in [5.74, 6) is 0.919. The molecule has 0 bridgehead atoms. The number of rotatable bonds is 7. The summed E-state index contributed by atoms with van der Waals surface area (Å²) in [6.45, 7) is 4.31. The minimum atomic E-state index is -3.43. The van der Waals surface area contributed by atoms with Gasteiger partial charge in [-0.05, 0) is 50.2 Å². The summed E-state index contributed by atoms with van der Waals surface area (Å²) in [6, 6.07) is 10.4. The van der Waals surface area contributed by atoms with Crippen molar-refractivity contribution in [3.8, 4) is 0 Å². The van der Waals surface area contributed by atoms with E-state index in [1.165, 1.54) is 0 Å². The van der Waals surface area contributed by atoms with Gasteiger partial charge in [-0.2, -0.15) is 0 Å². The third-order valence-electron chi connectivity index (χ3n) is 2.84. The van der Waals surface area contributed by atoms with Crippen LogP contribution in [0.2, 0.25) is 0 Å². The van der Waals surface area contributed by atoms with Gasteiger partial charge < -0.3 is 9.73 Å². The van der Waals surface area contributed by atoms with Crippen LogP contribution in [0.3, 0.4) is 0 Å². The Hall–Kier alpha value is -1.79. The van der Waals surface area contributed by atoms with Crippen molar-refractivity contribution in [3.05, 3.63) is 48.4 Å². The van der Waals surface area contributed by atoms with Crippen molar-refractivity contribution in [2.45, 2.75) is 31.2 Å². The first-order valence-electron chi connectivity index (χ1n) is 6.86. The van der Waals surface area contributed by atoms with Gasteiger partial charge in [0.1, 0.15) is 5.76 Å². The third-order valence-corrected chi connectivity index (χ3v) is 4.51. The maximum absolute atomic E-state index is 12.0. The fraction of sp³-hybridized carbons (Fsp3) is 0.333. The molecule has 0 saturated carbocycles. The maximum atomic E-state index is 12.0. The van der Waals surface area contributed by atoms with E-state index in [2.05, 4.69) is 10.0 Å². The van der Waals surface area contributed by atoms with Crippen molar-refractivity contribution in [2.24, 2.45) is 0 Å². The molecule has 0 aliphatic heterocycles. The number of sulfonamides is 1. The molecule has 21 heavy (non-hydrogen) atoms. The molecule has 0 aliphatic carbocycles. The van der Waals surface area contributed by atoms with Crippen LogP contribution in [0.5, 0.6) is 0 Å². The standard InChI is InChI=1S/C15H20N2O3S/c1-12(2)17-21(18,19)15-7-5-13(6-8-15)16-10-9-14-4-3-11-20-14/h3-8,11-12,16-17H,9-10H2,1-2H3. The minimum absolute atomic E-state index is 0.124. The summed E-state index contributed by atoms with van der Waals surface area (Å²) in [4.78, 5) is 0.271. The largest absolute Gasteiger partial charge is 0.469 e. The van der Waals surface area contributed by atoms with Crippen molar-refractivity contribution in [3.63, 3.8) is 0 Å². The quantitative estimate of drug-likeness (QED) is 0.825. The molecule has 2 N–H and O–H groups in total. The van der Waals surface area contributed by atoms with Gasteiger partial charge in [0.25, 0.3) is 0 Å². The fourth-order valence-electron chi connectivity index (χ4n) is 1.92. The highest BCUT2D eigenvalue weighted by atomic mass is 32.2. The Labute approximate surface area is 125 Å². The van der Waals surface area contributed by atoms with Crippen molar-refractivity contribution in [2.75, 3.05) is 11.9 Å². The minimum Gasteiger partial charge on any atom is -0.469 e. The normalized spacial score (nSPS) is 11.8. The van der Waals surface area contributed by atoms with Crippen LogP contribution in [-0.2, 0) is 16.4 Å². The first-order valence-corrected chi connectivity index (χ1v) is 8.34. The predicted octanol–water partition coefficient (Wildman–Crippen LogP) is 2.62. The molecule has 114 valence electrons. The van der Waals surface area contributed by atoms with Crippen LogP contribution >= 0.6 is 0 Å². The fourth-order valence-corrected chi connectivity index (χ4v) is 3.17. The summed E-state index contributed by atoms with van der Waals surface area (Å²) in [5.41, 5.74) is 0.880. The highest BCUT2D eigenvalue weighted by Gasteiger charge is 2.14. The zero-order chi connectivity index (χ0) is 15.3. The van der Waals surface area contributed by atoms with E-state index in [0.717, 1.165) is 24.4 Å². The van der Waals surface area contributed by atoms with Crippen LogP contribution in [0.25, 0.3) is 0 Å². The van der Waals surface area contributed by atoms with Crippen molar-refractivity contribution < 1.29 is 12.8 Å². The van der Waals surface area contributed by atoms with Gasteiger partial charge in [0.15, 0.2) is 0 Å². The van der Waals surface area contributed by atoms with Crippen LogP contribution in [0, 0.1) is 0 Å². The summed E-state index contributed by atoms with van der Waals surface area (Å²) >= 11 is 0. The van der Waals surface area contributed by atoms with Crippen LogP contribution in [0.4, 0.5) is 5.69 Å².